The van der Waals surface area contributed by atoms with Gasteiger partial charge in [-0.15, -0.1) is 0 Å². The highest BCUT2D eigenvalue weighted by Crippen LogP contribution is 2.27. The Labute approximate surface area is 113 Å². The van der Waals surface area contributed by atoms with Crippen molar-refractivity contribution in [3.05, 3.63) is 59.4 Å². The molecule has 2 rings (SSSR count). The lowest BCUT2D eigenvalue weighted by atomic mass is 10.2. The Kier molecular flexibility index (Phi) is 3.74. The Balaban J connectivity index is 2.11. The van der Waals surface area contributed by atoms with Crippen LogP contribution in [0.25, 0.3) is 0 Å². The van der Waals surface area contributed by atoms with E-state index in [2.05, 4.69) is 10.3 Å². The van der Waals surface area contributed by atoms with E-state index < -0.39 is 17.8 Å². The van der Waals surface area contributed by atoms with Crippen molar-refractivity contribution in [1.29, 1.82) is 0 Å². The molecule has 0 unspecified atom stereocenters. The molecule has 0 bridgehead atoms. The molecule has 3 nitrogen and oxygen atoms in total. The number of halogens is 3. The summed E-state index contributed by atoms with van der Waals surface area (Å²) in [6.07, 6.45) is -3.60. The van der Waals surface area contributed by atoms with Gasteiger partial charge in [-0.2, -0.15) is 13.2 Å². The molecule has 0 atom stereocenters. The number of carbonyl (C=O) groups excluding carboxylic acids is 1. The number of carbonyl (C=O) groups is 1. The highest BCUT2D eigenvalue weighted by atomic mass is 19.4. The zero-order valence-electron chi connectivity index (χ0n) is 10.5. The summed E-state index contributed by atoms with van der Waals surface area (Å²) >= 11 is 0. The van der Waals surface area contributed by atoms with Gasteiger partial charge in [0.1, 0.15) is 5.69 Å². The van der Waals surface area contributed by atoms with E-state index in [0.717, 1.165) is 23.9 Å². The number of rotatable bonds is 2. The van der Waals surface area contributed by atoms with Gasteiger partial charge in [-0.3, -0.25) is 9.78 Å². The first-order valence-electron chi connectivity index (χ1n) is 5.77. The van der Waals surface area contributed by atoms with Crippen LogP contribution in [0.3, 0.4) is 0 Å². The number of pyridine rings is 1. The van der Waals surface area contributed by atoms with Crippen molar-refractivity contribution in [3.63, 3.8) is 0 Å². The van der Waals surface area contributed by atoms with Gasteiger partial charge in [0.05, 0.1) is 5.56 Å². The zero-order valence-corrected chi connectivity index (χ0v) is 10.5. The largest absolute Gasteiger partial charge is 0.433 e. The van der Waals surface area contributed by atoms with Gasteiger partial charge in [0.2, 0.25) is 0 Å². The van der Waals surface area contributed by atoms with Crippen LogP contribution < -0.4 is 5.32 Å². The third kappa shape index (κ3) is 3.34. The summed E-state index contributed by atoms with van der Waals surface area (Å²) in [4.78, 5) is 15.1. The average Bonchev–Trinajstić information content (AvgIpc) is 2.40. The number of anilines is 1. The molecule has 0 aliphatic rings. The Morgan fingerprint density at radius 1 is 1.10 bits per heavy atom. The maximum Gasteiger partial charge on any atom is 0.433 e. The summed E-state index contributed by atoms with van der Waals surface area (Å²) in [5.41, 5.74) is 0.655. The predicted molar refractivity (Wildman–Crippen MR) is 68.4 cm³/mol. The third-order valence-electron chi connectivity index (χ3n) is 2.63. The molecule has 0 aliphatic carbocycles. The standard InChI is InChI=1S/C14H11F3N2O/c1-9-2-5-11(6-3-9)19-13(20)10-4-7-12(18-8-10)14(15,16)17/h2-8H,1H3,(H,19,20). The molecule has 6 heteroatoms. The van der Waals surface area contributed by atoms with Crippen molar-refractivity contribution >= 4 is 11.6 Å². The van der Waals surface area contributed by atoms with E-state index in [0.29, 0.717) is 5.69 Å². The molecular formula is C14H11F3N2O. The van der Waals surface area contributed by atoms with Crippen molar-refractivity contribution in [1.82, 2.24) is 4.98 Å². The normalized spacial score (nSPS) is 11.2. The number of benzene rings is 1. The predicted octanol–water partition coefficient (Wildman–Crippen LogP) is 3.66. The first-order valence-corrected chi connectivity index (χ1v) is 5.77. The molecule has 0 fully saturated rings. The van der Waals surface area contributed by atoms with Crippen molar-refractivity contribution in [2.45, 2.75) is 13.1 Å². The minimum absolute atomic E-state index is 0.0681. The van der Waals surface area contributed by atoms with Gasteiger partial charge < -0.3 is 5.32 Å². The van der Waals surface area contributed by atoms with E-state index in [1.807, 2.05) is 19.1 Å². The van der Waals surface area contributed by atoms with Crippen LogP contribution >= 0.6 is 0 Å². The number of aryl methyl sites for hydroxylation is 1. The Hall–Kier alpha value is -2.37. The summed E-state index contributed by atoms with van der Waals surface area (Å²) < 4.78 is 37.0. The SMILES string of the molecule is Cc1ccc(NC(=O)c2ccc(C(F)(F)F)nc2)cc1. The van der Waals surface area contributed by atoms with Crippen LogP contribution in [0, 0.1) is 6.92 Å². The molecule has 0 aliphatic heterocycles. The summed E-state index contributed by atoms with van der Waals surface area (Å²) in [7, 11) is 0. The number of aromatic nitrogens is 1. The fourth-order valence-electron chi connectivity index (χ4n) is 1.54. The van der Waals surface area contributed by atoms with Crippen molar-refractivity contribution in [2.75, 3.05) is 5.32 Å². The zero-order chi connectivity index (χ0) is 14.8. The minimum Gasteiger partial charge on any atom is -0.322 e. The van der Waals surface area contributed by atoms with Crippen LogP contribution in [0.5, 0.6) is 0 Å². The second-order valence-corrected chi connectivity index (χ2v) is 4.25. The summed E-state index contributed by atoms with van der Waals surface area (Å²) in [6.45, 7) is 1.91. The maximum absolute atomic E-state index is 12.3. The van der Waals surface area contributed by atoms with Crippen LogP contribution in [-0.2, 0) is 6.18 Å². The molecule has 0 spiro atoms. The molecule has 0 radical (unpaired) electrons. The quantitative estimate of drug-likeness (QED) is 0.912. The smallest absolute Gasteiger partial charge is 0.322 e. The van der Waals surface area contributed by atoms with Gasteiger partial charge in [0.15, 0.2) is 0 Å². The first-order chi connectivity index (χ1) is 9.36. The fraction of sp³-hybridized carbons (Fsp3) is 0.143. The molecule has 2 aromatic rings. The van der Waals surface area contributed by atoms with E-state index in [4.69, 9.17) is 0 Å². The number of nitrogens with zero attached hydrogens (tertiary/aromatic N) is 1. The van der Waals surface area contributed by atoms with Crippen LogP contribution in [0.1, 0.15) is 21.6 Å². The second-order valence-electron chi connectivity index (χ2n) is 4.25. The van der Waals surface area contributed by atoms with Crippen molar-refractivity contribution in [3.8, 4) is 0 Å². The number of alkyl halides is 3. The lowest BCUT2D eigenvalue weighted by Gasteiger charge is -2.07. The number of amides is 1. The van der Waals surface area contributed by atoms with E-state index in [9.17, 15) is 18.0 Å². The van der Waals surface area contributed by atoms with Crippen LogP contribution in [0.4, 0.5) is 18.9 Å². The summed E-state index contributed by atoms with van der Waals surface area (Å²) in [5, 5.41) is 2.58. The molecule has 20 heavy (non-hydrogen) atoms. The van der Waals surface area contributed by atoms with E-state index in [1.54, 1.807) is 12.1 Å². The number of hydrogen-bond acceptors (Lipinski definition) is 2. The van der Waals surface area contributed by atoms with Crippen LogP contribution in [0.2, 0.25) is 0 Å². The Morgan fingerprint density at radius 3 is 2.25 bits per heavy atom. The highest BCUT2D eigenvalue weighted by molar-refractivity contribution is 6.04. The Bertz CT molecular complexity index is 604. The van der Waals surface area contributed by atoms with Gasteiger partial charge >= 0.3 is 6.18 Å². The molecule has 1 N–H and O–H groups in total. The van der Waals surface area contributed by atoms with Gasteiger partial charge in [-0.1, -0.05) is 17.7 Å². The third-order valence-corrected chi connectivity index (χ3v) is 2.63. The molecule has 0 saturated heterocycles. The lowest BCUT2D eigenvalue weighted by Crippen LogP contribution is -2.14. The Morgan fingerprint density at radius 2 is 1.75 bits per heavy atom. The fourth-order valence-corrected chi connectivity index (χ4v) is 1.54. The van der Waals surface area contributed by atoms with Crippen LogP contribution in [0.15, 0.2) is 42.6 Å². The topological polar surface area (TPSA) is 42.0 Å². The van der Waals surface area contributed by atoms with Crippen molar-refractivity contribution < 1.29 is 18.0 Å². The summed E-state index contributed by atoms with van der Waals surface area (Å²) in [6, 6.07) is 8.94. The van der Waals surface area contributed by atoms with Gasteiger partial charge in [-0.25, -0.2) is 0 Å². The van der Waals surface area contributed by atoms with E-state index in [1.165, 1.54) is 0 Å². The van der Waals surface area contributed by atoms with Crippen LogP contribution in [-0.4, -0.2) is 10.9 Å². The lowest BCUT2D eigenvalue weighted by molar-refractivity contribution is -0.141. The number of nitrogens with one attached hydrogen (secondary N) is 1. The van der Waals surface area contributed by atoms with E-state index >= 15 is 0 Å². The highest BCUT2D eigenvalue weighted by Gasteiger charge is 2.32. The monoisotopic (exact) mass is 280 g/mol. The van der Waals surface area contributed by atoms with Gasteiger partial charge in [0.25, 0.3) is 5.91 Å². The molecule has 1 heterocycles. The molecule has 0 saturated carbocycles. The maximum atomic E-state index is 12.3. The molecule has 1 aromatic heterocycles. The first kappa shape index (κ1) is 14.0. The second kappa shape index (κ2) is 5.32. The average molecular weight is 280 g/mol. The van der Waals surface area contributed by atoms with E-state index in [-0.39, 0.29) is 5.56 Å². The summed E-state index contributed by atoms with van der Waals surface area (Å²) in [5.74, 6) is -0.505. The van der Waals surface area contributed by atoms with Gasteiger partial charge in [0, 0.05) is 11.9 Å². The minimum atomic E-state index is -4.51. The number of hydrogen-bond donors (Lipinski definition) is 1. The van der Waals surface area contributed by atoms with Crippen molar-refractivity contribution in [2.24, 2.45) is 0 Å². The molecular weight excluding hydrogens is 269 g/mol. The molecule has 1 aromatic carbocycles. The molecule has 104 valence electrons. The molecule has 1 amide bonds. The van der Waals surface area contributed by atoms with Gasteiger partial charge in [-0.05, 0) is 31.2 Å².